The van der Waals surface area contributed by atoms with Crippen LogP contribution in [0.1, 0.15) is 16.3 Å². The second-order valence-corrected chi connectivity index (χ2v) is 1.70. The van der Waals surface area contributed by atoms with Gasteiger partial charge in [-0.3, -0.25) is 4.79 Å². The summed E-state index contributed by atoms with van der Waals surface area (Å²) in [7, 11) is 0. The molecule has 0 saturated carbocycles. The molecule has 0 aliphatic rings. The Bertz CT molecular complexity index is 293. The Labute approximate surface area is 57.9 Å². The highest BCUT2D eigenvalue weighted by atomic mass is 16.3. The molecule has 3 nitrogen and oxygen atoms in total. The summed E-state index contributed by atoms with van der Waals surface area (Å²) in [4.78, 5) is 10.5. The van der Waals surface area contributed by atoms with Gasteiger partial charge in [0.1, 0.15) is 6.07 Å². The Kier molecular flexibility index (Phi) is 1.55. The molecule has 10 heavy (non-hydrogen) atoms. The van der Waals surface area contributed by atoms with E-state index in [9.17, 15) is 4.79 Å². The van der Waals surface area contributed by atoms with Crippen LogP contribution in [0.3, 0.4) is 0 Å². The van der Waals surface area contributed by atoms with Gasteiger partial charge in [0.05, 0.1) is 0 Å². The smallest absolute Gasteiger partial charge is 0.204 e. The molecule has 0 aliphatic carbocycles. The molecule has 1 heterocycles. The highest BCUT2D eigenvalue weighted by molar-refractivity contribution is 5.96. The highest BCUT2D eigenvalue weighted by Gasteiger charge is 2.04. The second kappa shape index (κ2) is 2.36. The lowest BCUT2D eigenvalue weighted by Gasteiger charge is -1.81. The van der Waals surface area contributed by atoms with Crippen molar-refractivity contribution in [1.82, 2.24) is 0 Å². The number of nitrogens with zero attached hydrogens (tertiary/aromatic N) is 1. The Balaban J connectivity index is 3.02. The molecule has 0 fully saturated rings. The predicted octanol–water partition coefficient (Wildman–Crippen LogP) is 1.17. The van der Waals surface area contributed by atoms with Crippen molar-refractivity contribution in [1.29, 1.82) is 5.26 Å². The summed E-state index contributed by atoms with van der Waals surface area (Å²) < 4.78 is 4.72. The Morgan fingerprint density at radius 1 is 1.70 bits per heavy atom. The molecule has 1 aromatic heterocycles. The van der Waals surface area contributed by atoms with Crippen LogP contribution in [0, 0.1) is 18.3 Å². The number of Topliss-reactive ketones (excluding diaryl/α,β-unsaturated/α-hetero) is 1. The van der Waals surface area contributed by atoms with Crippen LogP contribution in [-0.4, -0.2) is 5.78 Å². The molecule has 3 heteroatoms. The minimum absolute atomic E-state index is 0.122. The lowest BCUT2D eigenvalue weighted by atomic mass is 10.3. The minimum atomic E-state index is -0.415. The summed E-state index contributed by atoms with van der Waals surface area (Å²) in [5, 5.41) is 8.26. The maximum atomic E-state index is 10.5. The maximum Gasteiger partial charge on any atom is 0.204 e. The normalized spacial score (nSPS) is 8.80. The highest BCUT2D eigenvalue weighted by Crippen LogP contribution is 2.05. The SMILES string of the molecule is [CH2]C(=O)c1ccc(C#N)o1. The monoisotopic (exact) mass is 134 g/mol. The molecule has 0 unspecified atom stereocenters. The van der Waals surface area contributed by atoms with Crippen molar-refractivity contribution < 1.29 is 9.21 Å². The molecule has 0 aromatic carbocycles. The van der Waals surface area contributed by atoms with Crippen molar-refractivity contribution in [2.45, 2.75) is 0 Å². The average molecular weight is 134 g/mol. The first-order valence-electron chi connectivity index (χ1n) is 2.60. The van der Waals surface area contributed by atoms with Crippen LogP contribution < -0.4 is 0 Å². The number of furan rings is 1. The van der Waals surface area contributed by atoms with Gasteiger partial charge in [-0.05, 0) is 12.1 Å². The molecular formula is C7H4NO2. The summed E-state index contributed by atoms with van der Waals surface area (Å²) in [6.07, 6.45) is 0. The van der Waals surface area contributed by atoms with Gasteiger partial charge in [-0.25, -0.2) is 0 Å². The van der Waals surface area contributed by atoms with Gasteiger partial charge >= 0.3 is 0 Å². The number of ketones is 1. The van der Waals surface area contributed by atoms with E-state index in [1.165, 1.54) is 12.1 Å². The zero-order chi connectivity index (χ0) is 7.56. The van der Waals surface area contributed by atoms with Gasteiger partial charge in [0, 0.05) is 6.92 Å². The fourth-order valence-electron chi connectivity index (χ4n) is 0.548. The fraction of sp³-hybridized carbons (Fsp3) is 0. The van der Waals surface area contributed by atoms with E-state index >= 15 is 0 Å². The van der Waals surface area contributed by atoms with E-state index in [1.807, 2.05) is 0 Å². The third kappa shape index (κ3) is 1.06. The molecule has 1 rings (SSSR count). The molecule has 49 valence electrons. The summed E-state index contributed by atoms with van der Waals surface area (Å²) in [5.41, 5.74) is 0. The van der Waals surface area contributed by atoms with Gasteiger partial charge in [-0.15, -0.1) is 0 Å². The fourth-order valence-corrected chi connectivity index (χ4v) is 0.548. The quantitative estimate of drug-likeness (QED) is 0.541. The molecule has 0 saturated heterocycles. The number of nitriles is 1. The van der Waals surface area contributed by atoms with E-state index in [0.29, 0.717) is 0 Å². The van der Waals surface area contributed by atoms with Crippen molar-refractivity contribution in [3.05, 3.63) is 30.6 Å². The summed E-state index contributed by atoms with van der Waals surface area (Å²) in [5.74, 6) is -0.162. The molecule has 0 amide bonds. The first kappa shape index (κ1) is 6.56. The molecule has 0 N–H and O–H groups in total. The molecule has 0 atom stereocenters. The molecule has 0 bridgehead atoms. The Morgan fingerprint density at radius 3 is 2.70 bits per heavy atom. The topological polar surface area (TPSA) is 54.0 Å². The third-order valence-corrected chi connectivity index (χ3v) is 0.991. The molecule has 0 spiro atoms. The number of carbonyl (C=O) groups excluding carboxylic acids is 1. The second-order valence-electron chi connectivity index (χ2n) is 1.70. The van der Waals surface area contributed by atoms with E-state index in [0.717, 1.165) is 0 Å². The van der Waals surface area contributed by atoms with Crippen LogP contribution in [0.4, 0.5) is 0 Å². The molecule has 1 aromatic rings. The zero-order valence-electron chi connectivity index (χ0n) is 5.13. The molecular weight excluding hydrogens is 130 g/mol. The average Bonchev–Trinajstić information content (AvgIpc) is 2.34. The van der Waals surface area contributed by atoms with Gasteiger partial charge < -0.3 is 4.42 Å². The van der Waals surface area contributed by atoms with Crippen molar-refractivity contribution in [2.75, 3.05) is 0 Å². The van der Waals surface area contributed by atoms with Crippen molar-refractivity contribution in [2.24, 2.45) is 0 Å². The number of hydrogen-bond donors (Lipinski definition) is 0. The van der Waals surface area contributed by atoms with Gasteiger partial charge in [0.25, 0.3) is 0 Å². The first-order chi connectivity index (χ1) is 4.74. The minimum Gasteiger partial charge on any atom is -0.443 e. The summed E-state index contributed by atoms with van der Waals surface area (Å²) in [6.45, 7) is 3.11. The summed E-state index contributed by atoms with van der Waals surface area (Å²) >= 11 is 0. The van der Waals surface area contributed by atoms with Crippen LogP contribution in [0.25, 0.3) is 0 Å². The Hall–Kier alpha value is -1.56. The van der Waals surface area contributed by atoms with Crippen LogP contribution in [0.2, 0.25) is 0 Å². The van der Waals surface area contributed by atoms with Crippen LogP contribution in [-0.2, 0) is 0 Å². The van der Waals surface area contributed by atoms with Gasteiger partial charge in [-0.2, -0.15) is 5.26 Å². The van der Waals surface area contributed by atoms with Gasteiger partial charge in [0.15, 0.2) is 11.5 Å². The van der Waals surface area contributed by atoms with Crippen molar-refractivity contribution in [3.63, 3.8) is 0 Å². The number of hydrogen-bond acceptors (Lipinski definition) is 3. The predicted molar refractivity (Wildman–Crippen MR) is 33.1 cm³/mol. The van der Waals surface area contributed by atoms with Crippen molar-refractivity contribution >= 4 is 5.78 Å². The van der Waals surface area contributed by atoms with Crippen molar-refractivity contribution in [3.8, 4) is 6.07 Å². The third-order valence-electron chi connectivity index (χ3n) is 0.991. The number of rotatable bonds is 1. The molecule has 1 radical (unpaired) electrons. The number of carbonyl (C=O) groups is 1. The summed E-state index contributed by atoms with van der Waals surface area (Å²) in [6, 6.07) is 4.61. The lowest BCUT2D eigenvalue weighted by molar-refractivity contribution is 0.101. The lowest BCUT2D eigenvalue weighted by Crippen LogP contribution is -1.86. The van der Waals surface area contributed by atoms with E-state index in [4.69, 9.17) is 9.68 Å². The standard InChI is InChI=1S/C7H4NO2/c1-5(9)7-3-2-6(4-8)10-7/h2-3H,1H2. The Morgan fingerprint density at radius 2 is 2.40 bits per heavy atom. The van der Waals surface area contributed by atoms with Gasteiger partial charge in [0.2, 0.25) is 5.76 Å². The zero-order valence-corrected chi connectivity index (χ0v) is 5.13. The van der Waals surface area contributed by atoms with E-state index in [1.54, 1.807) is 6.07 Å². The van der Waals surface area contributed by atoms with Gasteiger partial charge in [-0.1, -0.05) is 0 Å². The maximum absolute atomic E-state index is 10.5. The largest absolute Gasteiger partial charge is 0.443 e. The van der Waals surface area contributed by atoms with Crippen LogP contribution in [0.5, 0.6) is 0 Å². The first-order valence-corrected chi connectivity index (χ1v) is 2.60. The van der Waals surface area contributed by atoms with E-state index in [2.05, 4.69) is 6.92 Å². The molecule has 0 aliphatic heterocycles. The van der Waals surface area contributed by atoms with Crippen LogP contribution in [0.15, 0.2) is 16.5 Å². The van der Waals surface area contributed by atoms with Crippen LogP contribution >= 0.6 is 0 Å². The van der Waals surface area contributed by atoms with E-state index < -0.39 is 5.78 Å². The van der Waals surface area contributed by atoms with E-state index in [-0.39, 0.29) is 11.5 Å².